The van der Waals surface area contributed by atoms with Gasteiger partial charge in [-0.3, -0.25) is 0 Å². The van der Waals surface area contributed by atoms with Crippen LogP contribution in [0.4, 0.5) is 26.3 Å². The van der Waals surface area contributed by atoms with Gasteiger partial charge in [-0.25, -0.2) is 17.2 Å². The molecule has 0 aliphatic carbocycles. The van der Waals surface area contributed by atoms with E-state index in [9.17, 15) is 39.3 Å². The number of benzene rings is 1. The van der Waals surface area contributed by atoms with Gasteiger partial charge in [0.2, 0.25) is 0 Å². The summed E-state index contributed by atoms with van der Waals surface area (Å²) in [6, 6.07) is 1.06. The SMILES string of the molecule is O=S(=O)([O-])C(F)(F)C(F)(F)Sc1ccc(F)cc1F.[Na+]. The Kier molecular flexibility index (Phi) is 6.46. The Balaban J connectivity index is 0.00000361. The Bertz CT molecular complexity index is 592. The van der Waals surface area contributed by atoms with Crippen molar-refractivity contribution in [3.8, 4) is 0 Å². The zero-order valence-corrected chi connectivity index (χ0v) is 13.2. The fourth-order valence-electron chi connectivity index (χ4n) is 0.901. The molecule has 108 valence electrons. The van der Waals surface area contributed by atoms with Crippen LogP contribution in [0.2, 0.25) is 0 Å². The van der Waals surface area contributed by atoms with Crippen molar-refractivity contribution in [1.29, 1.82) is 0 Å². The molecule has 0 aliphatic heterocycles. The number of alkyl halides is 4. The summed E-state index contributed by atoms with van der Waals surface area (Å²) in [5.74, 6) is -2.74. The molecule has 3 nitrogen and oxygen atoms in total. The zero-order valence-electron chi connectivity index (χ0n) is 9.54. The topological polar surface area (TPSA) is 57.2 Å². The maximum Gasteiger partial charge on any atom is 1.00 e. The van der Waals surface area contributed by atoms with E-state index >= 15 is 0 Å². The first-order valence-electron chi connectivity index (χ1n) is 4.23. The van der Waals surface area contributed by atoms with Crippen LogP contribution in [0, 0.1) is 11.6 Å². The van der Waals surface area contributed by atoms with Crippen LogP contribution in [0.15, 0.2) is 23.1 Å². The predicted octanol–water partition coefficient (Wildman–Crippen LogP) is -0.208. The van der Waals surface area contributed by atoms with Gasteiger partial charge in [-0.15, -0.1) is 0 Å². The molecule has 0 bridgehead atoms. The summed E-state index contributed by atoms with van der Waals surface area (Å²) in [4.78, 5) is -1.13. The second-order valence-corrected chi connectivity index (χ2v) is 5.74. The summed E-state index contributed by atoms with van der Waals surface area (Å²) in [7, 11) is -6.65. The first-order chi connectivity index (χ1) is 8.38. The molecule has 0 atom stereocenters. The average molecular weight is 348 g/mol. The van der Waals surface area contributed by atoms with Gasteiger partial charge in [-0.2, -0.15) is 17.6 Å². The first kappa shape index (κ1) is 20.1. The largest absolute Gasteiger partial charge is 1.00 e. The number of thioether (sulfide) groups is 1. The van der Waals surface area contributed by atoms with E-state index in [0.29, 0.717) is 12.1 Å². The van der Waals surface area contributed by atoms with Gasteiger partial charge in [0.15, 0.2) is 10.1 Å². The molecule has 0 spiro atoms. The third-order valence-electron chi connectivity index (χ3n) is 1.78. The Hall–Kier alpha value is 0.0600. The van der Waals surface area contributed by atoms with Gasteiger partial charge < -0.3 is 4.55 Å². The summed E-state index contributed by atoms with van der Waals surface area (Å²) in [5.41, 5.74) is 0. The van der Waals surface area contributed by atoms with Crippen molar-refractivity contribution in [2.24, 2.45) is 0 Å². The Morgan fingerprint density at radius 2 is 1.60 bits per heavy atom. The number of hydrogen-bond donors (Lipinski definition) is 0. The van der Waals surface area contributed by atoms with E-state index < -0.39 is 48.9 Å². The van der Waals surface area contributed by atoms with Crippen molar-refractivity contribution in [3.05, 3.63) is 29.8 Å². The number of rotatable bonds is 4. The zero-order chi connectivity index (χ0) is 15.1. The fourth-order valence-corrected chi connectivity index (χ4v) is 2.31. The van der Waals surface area contributed by atoms with Gasteiger partial charge in [-0.1, -0.05) is 0 Å². The van der Waals surface area contributed by atoms with Crippen molar-refractivity contribution in [3.63, 3.8) is 0 Å². The molecule has 12 heteroatoms. The van der Waals surface area contributed by atoms with Crippen LogP contribution in [-0.2, 0) is 10.1 Å². The standard InChI is InChI=1S/C8H4F6O3S2.Na/c9-4-1-2-6(5(10)3-4)18-7(11,12)8(13,14)19(15,16)17;/h1-3H,(H,15,16,17);/q;+1/p-1. The number of halogens is 6. The molecule has 1 rings (SSSR count). The molecular weight excluding hydrogens is 345 g/mol. The molecule has 20 heavy (non-hydrogen) atoms. The van der Waals surface area contributed by atoms with Crippen molar-refractivity contribution in [1.82, 2.24) is 0 Å². The van der Waals surface area contributed by atoms with Crippen LogP contribution in [-0.4, -0.2) is 23.5 Å². The van der Waals surface area contributed by atoms with E-state index in [-0.39, 0.29) is 35.6 Å². The van der Waals surface area contributed by atoms with Gasteiger partial charge in [0, 0.05) is 11.0 Å². The molecule has 1 aromatic carbocycles. The molecule has 0 aliphatic rings. The third kappa shape index (κ3) is 4.04. The normalized spacial score (nSPS) is 12.9. The molecule has 0 saturated carbocycles. The average Bonchev–Trinajstić information content (AvgIpc) is 2.20. The van der Waals surface area contributed by atoms with Gasteiger partial charge in [-0.05, 0) is 23.9 Å². The van der Waals surface area contributed by atoms with E-state index in [1.807, 2.05) is 0 Å². The summed E-state index contributed by atoms with van der Waals surface area (Å²) < 4.78 is 107. The van der Waals surface area contributed by atoms with Gasteiger partial charge >= 0.3 is 40.1 Å². The van der Waals surface area contributed by atoms with E-state index in [4.69, 9.17) is 0 Å². The van der Waals surface area contributed by atoms with Crippen molar-refractivity contribution in [2.75, 3.05) is 0 Å². The van der Waals surface area contributed by atoms with Crippen LogP contribution in [0.5, 0.6) is 0 Å². The van der Waals surface area contributed by atoms with Crippen LogP contribution < -0.4 is 29.6 Å². The maximum atomic E-state index is 13.0. The minimum absolute atomic E-state index is 0. The molecule has 0 unspecified atom stereocenters. The predicted molar refractivity (Wildman–Crippen MR) is 51.8 cm³/mol. The Labute approximate surface area is 135 Å². The summed E-state index contributed by atoms with van der Waals surface area (Å²) in [6.07, 6.45) is 0. The van der Waals surface area contributed by atoms with Crippen molar-refractivity contribution in [2.45, 2.75) is 15.4 Å². The quantitative estimate of drug-likeness (QED) is 0.327. The first-order valence-corrected chi connectivity index (χ1v) is 6.46. The van der Waals surface area contributed by atoms with Gasteiger partial charge in [0.1, 0.15) is 11.6 Å². The Morgan fingerprint density at radius 3 is 2.00 bits per heavy atom. The monoisotopic (exact) mass is 348 g/mol. The summed E-state index contributed by atoms with van der Waals surface area (Å²) >= 11 is -1.19. The molecule has 0 saturated heterocycles. The number of hydrogen-bond acceptors (Lipinski definition) is 4. The van der Waals surface area contributed by atoms with E-state index in [0.717, 1.165) is 0 Å². The fraction of sp³-hybridized carbons (Fsp3) is 0.250. The van der Waals surface area contributed by atoms with Crippen LogP contribution >= 0.6 is 11.8 Å². The molecular formula is C8H3F6NaO3S2. The van der Waals surface area contributed by atoms with Crippen LogP contribution in [0.1, 0.15) is 0 Å². The van der Waals surface area contributed by atoms with Crippen molar-refractivity contribution < 1.29 is 68.9 Å². The molecule has 0 radical (unpaired) electrons. The smallest absolute Gasteiger partial charge is 0.743 e. The Morgan fingerprint density at radius 1 is 1.10 bits per heavy atom. The van der Waals surface area contributed by atoms with Crippen LogP contribution in [0.3, 0.4) is 0 Å². The van der Waals surface area contributed by atoms with E-state index in [1.54, 1.807) is 0 Å². The maximum absolute atomic E-state index is 13.0. The minimum atomic E-state index is -6.65. The van der Waals surface area contributed by atoms with Gasteiger partial charge in [0.25, 0.3) is 0 Å². The van der Waals surface area contributed by atoms with E-state index in [2.05, 4.69) is 0 Å². The molecule has 1 aromatic rings. The van der Waals surface area contributed by atoms with Crippen molar-refractivity contribution >= 4 is 21.9 Å². The second-order valence-electron chi connectivity index (χ2n) is 3.16. The van der Waals surface area contributed by atoms with E-state index in [1.165, 1.54) is 0 Å². The molecule has 0 aromatic heterocycles. The molecule has 0 fully saturated rings. The molecule has 0 amide bonds. The minimum Gasteiger partial charge on any atom is -0.743 e. The third-order valence-corrected chi connectivity index (χ3v) is 3.86. The summed E-state index contributed by atoms with van der Waals surface area (Å²) in [6.45, 7) is 0. The molecule has 0 heterocycles. The summed E-state index contributed by atoms with van der Waals surface area (Å²) in [5, 5.41) is -11.3. The van der Waals surface area contributed by atoms with Crippen LogP contribution in [0.25, 0.3) is 0 Å². The van der Waals surface area contributed by atoms with Gasteiger partial charge in [0.05, 0.1) is 0 Å². The second kappa shape index (κ2) is 6.44. The molecule has 0 N–H and O–H groups in total.